The number of nitrogens with zero attached hydrogens (tertiary/aromatic N) is 1. The van der Waals surface area contributed by atoms with Crippen LogP contribution in [0.3, 0.4) is 0 Å². The van der Waals surface area contributed by atoms with Gasteiger partial charge in [-0.05, 0) is 48.4 Å². The van der Waals surface area contributed by atoms with Crippen LogP contribution < -0.4 is 10.6 Å². The minimum absolute atomic E-state index is 0.0626. The van der Waals surface area contributed by atoms with Crippen LogP contribution in [0.1, 0.15) is 51.7 Å². The lowest BCUT2D eigenvalue weighted by molar-refractivity contribution is -0.123. The zero-order valence-corrected chi connectivity index (χ0v) is 16.1. The maximum Gasteiger partial charge on any atom is 0.256 e. The van der Waals surface area contributed by atoms with Crippen LogP contribution in [-0.4, -0.2) is 24.9 Å². The van der Waals surface area contributed by atoms with Crippen LogP contribution in [0.5, 0.6) is 0 Å². The van der Waals surface area contributed by atoms with Gasteiger partial charge in [-0.15, -0.1) is 0 Å². The molecule has 0 saturated carbocycles. The lowest BCUT2D eigenvalue weighted by atomic mass is 10.1. The Balaban J connectivity index is 2.96. The van der Waals surface area contributed by atoms with Crippen molar-refractivity contribution in [1.82, 2.24) is 10.6 Å². The molecule has 0 radical (unpaired) electrons. The summed E-state index contributed by atoms with van der Waals surface area (Å²) < 4.78 is 0. The largest absolute Gasteiger partial charge is 0.352 e. The predicted octanol–water partition coefficient (Wildman–Crippen LogP) is 3.27. The molecule has 0 aliphatic heterocycles. The van der Waals surface area contributed by atoms with E-state index in [1.54, 1.807) is 24.3 Å². The molecule has 2 N–H and O–H groups in total. The summed E-state index contributed by atoms with van der Waals surface area (Å²) in [5.74, 6) is 0.148. The number of rotatable bonds is 9. The average Bonchev–Trinajstić information content (AvgIpc) is 2.58. The first-order valence-electron chi connectivity index (χ1n) is 9.11. The SMILES string of the molecule is CC(C)CCNC(=O)C(=Cc1cccc(C#N)c1)C(=O)NCCC(C)C. The number of carbonyl (C=O) groups excluding carboxylic acids is 2. The van der Waals surface area contributed by atoms with Gasteiger partial charge in [0.2, 0.25) is 0 Å². The van der Waals surface area contributed by atoms with E-state index in [0.717, 1.165) is 12.8 Å². The highest BCUT2D eigenvalue weighted by Gasteiger charge is 2.18. The van der Waals surface area contributed by atoms with E-state index in [1.165, 1.54) is 6.08 Å². The lowest BCUT2D eigenvalue weighted by Gasteiger charge is -2.12. The summed E-state index contributed by atoms with van der Waals surface area (Å²) in [5.41, 5.74) is 1.20. The number of benzene rings is 1. The van der Waals surface area contributed by atoms with E-state index >= 15 is 0 Å². The highest BCUT2D eigenvalue weighted by molar-refractivity contribution is 6.21. The molecule has 5 heteroatoms. The van der Waals surface area contributed by atoms with Crippen LogP contribution in [0.25, 0.3) is 6.08 Å². The maximum absolute atomic E-state index is 12.5. The van der Waals surface area contributed by atoms with E-state index in [0.29, 0.717) is 36.1 Å². The molecule has 0 fully saturated rings. The van der Waals surface area contributed by atoms with Gasteiger partial charge < -0.3 is 10.6 Å². The summed E-state index contributed by atoms with van der Waals surface area (Å²) in [5, 5.41) is 14.6. The van der Waals surface area contributed by atoms with Crippen molar-refractivity contribution in [2.75, 3.05) is 13.1 Å². The first kappa shape index (κ1) is 21.4. The zero-order chi connectivity index (χ0) is 19.5. The molecule has 0 aliphatic rings. The predicted molar refractivity (Wildman–Crippen MR) is 104 cm³/mol. The summed E-state index contributed by atoms with van der Waals surface area (Å²) in [7, 11) is 0. The van der Waals surface area contributed by atoms with E-state index in [-0.39, 0.29) is 5.57 Å². The van der Waals surface area contributed by atoms with Gasteiger partial charge >= 0.3 is 0 Å². The number of hydrogen-bond acceptors (Lipinski definition) is 3. The third-order valence-electron chi connectivity index (χ3n) is 3.83. The van der Waals surface area contributed by atoms with Crippen LogP contribution >= 0.6 is 0 Å². The number of nitrogens with one attached hydrogen (secondary N) is 2. The monoisotopic (exact) mass is 355 g/mol. The Morgan fingerprint density at radius 2 is 1.58 bits per heavy atom. The summed E-state index contributed by atoms with van der Waals surface area (Å²) in [6.45, 7) is 9.35. The third kappa shape index (κ3) is 7.98. The quantitative estimate of drug-likeness (QED) is 0.405. The number of nitriles is 1. The fourth-order valence-electron chi connectivity index (χ4n) is 2.24. The molecule has 0 aliphatic carbocycles. The normalized spacial score (nSPS) is 10.3. The second kappa shape index (κ2) is 11.1. The van der Waals surface area contributed by atoms with E-state index in [9.17, 15) is 9.59 Å². The Morgan fingerprint density at radius 3 is 2.04 bits per heavy atom. The van der Waals surface area contributed by atoms with Crippen molar-refractivity contribution in [2.45, 2.75) is 40.5 Å². The number of hydrogen-bond donors (Lipinski definition) is 2. The molecule has 0 heterocycles. The van der Waals surface area contributed by atoms with Crippen LogP contribution in [0.2, 0.25) is 0 Å². The fourth-order valence-corrected chi connectivity index (χ4v) is 2.24. The van der Waals surface area contributed by atoms with Gasteiger partial charge in [0.25, 0.3) is 11.8 Å². The smallest absolute Gasteiger partial charge is 0.256 e. The van der Waals surface area contributed by atoms with Crippen molar-refractivity contribution >= 4 is 17.9 Å². The molecular formula is C21H29N3O2. The number of carbonyl (C=O) groups is 2. The minimum atomic E-state index is -0.393. The van der Waals surface area contributed by atoms with Gasteiger partial charge in [-0.25, -0.2) is 0 Å². The van der Waals surface area contributed by atoms with Crippen molar-refractivity contribution < 1.29 is 9.59 Å². The summed E-state index contributed by atoms with van der Waals surface area (Å²) in [6, 6.07) is 8.90. The summed E-state index contributed by atoms with van der Waals surface area (Å²) in [6.07, 6.45) is 3.23. The minimum Gasteiger partial charge on any atom is -0.352 e. The maximum atomic E-state index is 12.5. The van der Waals surface area contributed by atoms with Crippen LogP contribution in [-0.2, 0) is 9.59 Å². The molecule has 0 aromatic heterocycles. The van der Waals surface area contributed by atoms with Gasteiger partial charge in [0.1, 0.15) is 5.57 Å². The van der Waals surface area contributed by atoms with Crippen molar-refractivity contribution in [1.29, 1.82) is 5.26 Å². The molecule has 0 atom stereocenters. The highest BCUT2D eigenvalue weighted by atomic mass is 16.2. The Hall–Kier alpha value is -2.61. The first-order valence-corrected chi connectivity index (χ1v) is 9.11. The van der Waals surface area contributed by atoms with E-state index in [2.05, 4.69) is 44.4 Å². The molecule has 2 amide bonds. The standard InChI is InChI=1S/C21H29N3O2/c1-15(2)8-10-23-20(25)19(21(26)24-11-9-16(3)4)13-17-6-5-7-18(12-17)14-22/h5-7,12-13,15-16H,8-11H2,1-4H3,(H,23,25)(H,24,26). The van der Waals surface area contributed by atoms with Crippen molar-refractivity contribution in [3.05, 3.63) is 41.0 Å². The van der Waals surface area contributed by atoms with Gasteiger partial charge in [0.15, 0.2) is 0 Å². The van der Waals surface area contributed by atoms with Crippen molar-refractivity contribution in [3.8, 4) is 6.07 Å². The van der Waals surface area contributed by atoms with Crippen molar-refractivity contribution in [3.63, 3.8) is 0 Å². The second-order valence-corrected chi connectivity index (χ2v) is 7.17. The molecule has 1 aromatic rings. The summed E-state index contributed by atoms with van der Waals surface area (Å²) in [4.78, 5) is 25.0. The molecule has 1 rings (SSSR count). The highest BCUT2D eigenvalue weighted by Crippen LogP contribution is 2.11. The zero-order valence-electron chi connectivity index (χ0n) is 16.1. The van der Waals surface area contributed by atoms with Crippen LogP contribution in [0.4, 0.5) is 0 Å². The Morgan fingerprint density at radius 1 is 1.04 bits per heavy atom. The molecule has 140 valence electrons. The molecule has 0 bridgehead atoms. The van der Waals surface area contributed by atoms with Gasteiger partial charge in [-0.3, -0.25) is 9.59 Å². The lowest BCUT2D eigenvalue weighted by Crippen LogP contribution is -2.36. The van der Waals surface area contributed by atoms with E-state index in [4.69, 9.17) is 5.26 Å². The topological polar surface area (TPSA) is 82.0 Å². The van der Waals surface area contributed by atoms with Gasteiger partial charge in [-0.1, -0.05) is 39.8 Å². The molecular weight excluding hydrogens is 326 g/mol. The third-order valence-corrected chi connectivity index (χ3v) is 3.83. The Bertz CT molecular complexity index is 657. The fraction of sp³-hybridized carbons (Fsp3) is 0.476. The van der Waals surface area contributed by atoms with Gasteiger partial charge in [0, 0.05) is 13.1 Å². The molecule has 0 spiro atoms. The average molecular weight is 355 g/mol. The van der Waals surface area contributed by atoms with E-state index < -0.39 is 11.8 Å². The van der Waals surface area contributed by atoms with Gasteiger partial charge in [-0.2, -0.15) is 5.26 Å². The summed E-state index contributed by atoms with van der Waals surface area (Å²) >= 11 is 0. The molecule has 0 unspecified atom stereocenters. The first-order chi connectivity index (χ1) is 12.3. The molecule has 0 saturated heterocycles. The Kier molecular flexibility index (Phi) is 9.14. The number of amides is 2. The van der Waals surface area contributed by atoms with Crippen molar-refractivity contribution in [2.24, 2.45) is 11.8 Å². The van der Waals surface area contributed by atoms with E-state index in [1.807, 2.05) is 0 Å². The van der Waals surface area contributed by atoms with Crippen LogP contribution in [0, 0.1) is 23.2 Å². The molecule has 26 heavy (non-hydrogen) atoms. The molecule has 5 nitrogen and oxygen atoms in total. The van der Waals surface area contributed by atoms with Gasteiger partial charge in [0.05, 0.1) is 11.6 Å². The second-order valence-electron chi connectivity index (χ2n) is 7.17. The van der Waals surface area contributed by atoms with Crippen LogP contribution in [0.15, 0.2) is 29.8 Å². The Labute approximate surface area is 156 Å². The molecule has 1 aromatic carbocycles.